The summed E-state index contributed by atoms with van der Waals surface area (Å²) in [5.41, 5.74) is 1.66. The van der Waals surface area contributed by atoms with Crippen molar-refractivity contribution in [3.05, 3.63) is 65.3 Å². The normalized spacial score (nSPS) is 11.6. The average Bonchev–Trinajstić information content (AvgIpc) is 3.31. The van der Waals surface area contributed by atoms with E-state index in [4.69, 9.17) is 11.6 Å². The molecule has 0 fully saturated rings. The molecule has 0 saturated heterocycles. The van der Waals surface area contributed by atoms with E-state index in [2.05, 4.69) is 20.8 Å². The first-order valence-electron chi connectivity index (χ1n) is 9.32. The highest BCUT2D eigenvalue weighted by molar-refractivity contribution is 7.91. The second-order valence-electron chi connectivity index (χ2n) is 7.07. The Balaban J connectivity index is 1.54. The molecular weight excluding hydrogens is 459 g/mol. The van der Waals surface area contributed by atoms with Crippen LogP contribution < -0.4 is 10.6 Å². The van der Waals surface area contributed by atoms with Crippen molar-refractivity contribution in [1.82, 2.24) is 19.6 Å². The Labute approximate surface area is 187 Å². The summed E-state index contributed by atoms with van der Waals surface area (Å²) in [6.45, 7) is 0. The monoisotopic (exact) mass is 476 g/mol. The van der Waals surface area contributed by atoms with Crippen molar-refractivity contribution in [2.75, 3.05) is 16.5 Å². The number of amides is 1. The van der Waals surface area contributed by atoms with Gasteiger partial charge in [0.05, 0.1) is 16.7 Å². The van der Waals surface area contributed by atoms with Gasteiger partial charge in [-0.05, 0) is 36.4 Å². The van der Waals surface area contributed by atoms with Gasteiger partial charge >= 0.3 is 0 Å². The van der Waals surface area contributed by atoms with Gasteiger partial charge in [0.25, 0.3) is 5.91 Å². The topological polar surface area (TPSA) is 111 Å². The van der Waals surface area contributed by atoms with E-state index in [-0.39, 0.29) is 21.5 Å². The Morgan fingerprint density at radius 1 is 1.16 bits per heavy atom. The van der Waals surface area contributed by atoms with E-state index >= 15 is 0 Å². The Kier molecular flexibility index (Phi) is 5.61. The first kappa shape index (κ1) is 21.8. The van der Waals surface area contributed by atoms with E-state index in [1.54, 1.807) is 32.3 Å². The second-order valence-corrected chi connectivity index (χ2v) is 9.47. The number of halogens is 2. The molecule has 4 rings (SSSR count). The zero-order valence-corrected chi connectivity index (χ0v) is 18.6. The lowest BCUT2D eigenvalue weighted by atomic mass is 10.1. The predicted octanol–water partition coefficient (Wildman–Crippen LogP) is 3.19. The van der Waals surface area contributed by atoms with Crippen molar-refractivity contribution >= 4 is 49.6 Å². The number of carbonyl (C=O) groups is 1. The predicted molar refractivity (Wildman–Crippen MR) is 119 cm³/mol. The molecule has 2 aromatic heterocycles. The molecule has 0 spiro atoms. The number of rotatable bonds is 6. The molecule has 0 unspecified atom stereocenters. The van der Waals surface area contributed by atoms with Crippen molar-refractivity contribution in [2.45, 2.75) is 4.90 Å². The number of sulfone groups is 1. The van der Waals surface area contributed by atoms with Gasteiger partial charge in [-0.2, -0.15) is 10.2 Å². The number of aryl methyl sites for hydroxylation is 2. The number of benzene rings is 2. The van der Waals surface area contributed by atoms with Gasteiger partial charge in [-0.1, -0.05) is 11.6 Å². The van der Waals surface area contributed by atoms with Crippen molar-refractivity contribution in [3.63, 3.8) is 0 Å². The first-order chi connectivity index (χ1) is 15.1. The van der Waals surface area contributed by atoms with E-state index in [1.165, 1.54) is 33.9 Å². The molecule has 0 aliphatic heterocycles. The van der Waals surface area contributed by atoms with Crippen LogP contribution in [0.5, 0.6) is 0 Å². The fourth-order valence-electron chi connectivity index (χ4n) is 3.17. The summed E-state index contributed by atoms with van der Waals surface area (Å²) in [4.78, 5) is 12.9. The molecule has 0 radical (unpaired) electrons. The van der Waals surface area contributed by atoms with Gasteiger partial charge in [-0.25, -0.2) is 12.8 Å². The Morgan fingerprint density at radius 3 is 2.59 bits per heavy atom. The molecule has 2 heterocycles. The lowest BCUT2D eigenvalue weighted by Gasteiger charge is -2.08. The summed E-state index contributed by atoms with van der Waals surface area (Å²) in [6.07, 6.45) is 2.72. The number of nitrogens with one attached hydrogen (secondary N) is 2. The Hall–Kier alpha value is -3.44. The maximum Gasteiger partial charge on any atom is 0.274 e. The summed E-state index contributed by atoms with van der Waals surface area (Å²) in [5, 5.41) is 14.2. The van der Waals surface area contributed by atoms with Crippen molar-refractivity contribution in [3.8, 4) is 0 Å². The minimum atomic E-state index is -3.57. The van der Waals surface area contributed by atoms with Crippen LogP contribution in [0.2, 0.25) is 5.02 Å². The molecule has 9 nitrogen and oxygen atoms in total. The number of carbonyl (C=O) groups excluding carboxylic acids is 1. The third-order valence-corrected chi connectivity index (χ3v) is 6.48. The summed E-state index contributed by atoms with van der Waals surface area (Å²) < 4.78 is 41.0. The summed E-state index contributed by atoms with van der Waals surface area (Å²) in [5.74, 6) is -1.35. The van der Waals surface area contributed by atoms with Crippen LogP contribution in [0.25, 0.3) is 10.9 Å². The van der Waals surface area contributed by atoms with Crippen LogP contribution in [0, 0.1) is 5.82 Å². The highest BCUT2D eigenvalue weighted by Gasteiger charge is 2.19. The quantitative estimate of drug-likeness (QED) is 0.442. The van der Waals surface area contributed by atoms with Crippen LogP contribution in [-0.2, 0) is 23.9 Å². The molecule has 166 valence electrons. The minimum absolute atomic E-state index is 0.102. The summed E-state index contributed by atoms with van der Waals surface area (Å²) >= 11 is 5.77. The maximum atomic E-state index is 13.3. The highest BCUT2D eigenvalue weighted by atomic mass is 35.5. The number of aromatic nitrogens is 4. The fraction of sp³-hybridized carbons (Fsp3) is 0.150. The largest absolute Gasteiger partial charge is 0.371 e. The molecule has 0 bridgehead atoms. The molecule has 0 saturated carbocycles. The van der Waals surface area contributed by atoms with E-state index in [9.17, 15) is 17.6 Å². The van der Waals surface area contributed by atoms with Gasteiger partial charge in [-0.3, -0.25) is 14.2 Å². The standard InChI is InChI=1S/C20H18ClFN6O3S/c1-27-10-14(9-24-27)32(30,31)11-23-12-3-5-15-18(8-12)26-28(2)19(15)20(29)25-13-4-6-17(22)16(21)7-13/h3-10,23H,11H2,1-2H3,(H,25,29). The molecule has 4 aromatic rings. The molecule has 32 heavy (non-hydrogen) atoms. The number of nitrogens with zero attached hydrogens (tertiary/aromatic N) is 4. The van der Waals surface area contributed by atoms with Crippen molar-refractivity contribution in [2.24, 2.45) is 14.1 Å². The third kappa shape index (κ3) is 4.30. The smallest absolute Gasteiger partial charge is 0.274 e. The molecule has 1 amide bonds. The molecule has 0 aliphatic rings. The second kappa shape index (κ2) is 8.24. The van der Waals surface area contributed by atoms with E-state index < -0.39 is 21.6 Å². The van der Waals surface area contributed by atoms with Crippen LogP contribution in [0.3, 0.4) is 0 Å². The van der Waals surface area contributed by atoms with E-state index in [0.717, 1.165) is 6.07 Å². The van der Waals surface area contributed by atoms with E-state index in [1.807, 2.05) is 0 Å². The molecule has 2 aromatic carbocycles. The zero-order valence-electron chi connectivity index (χ0n) is 17.0. The minimum Gasteiger partial charge on any atom is -0.371 e. The maximum absolute atomic E-state index is 13.3. The number of hydrogen-bond acceptors (Lipinski definition) is 6. The van der Waals surface area contributed by atoms with Crippen molar-refractivity contribution in [1.29, 1.82) is 0 Å². The molecule has 2 N–H and O–H groups in total. The van der Waals surface area contributed by atoms with Crippen LogP contribution in [0.4, 0.5) is 15.8 Å². The van der Waals surface area contributed by atoms with Crippen LogP contribution in [-0.4, -0.2) is 39.8 Å². The summed E-state index contributed by atoms with van der Waals surface area (Å²) in [7, 11) is -0.314. The van der Waals surface area contributed by atoms with Crippen molar-refractivity contribution < 1.29 is 17.6 Å². The number of hydrogen-bond donors (Lipinski definition) is 2. The first-order valence-corrected chi connectivity index (χ1v) is 11.4. The molecule has 0 atom stereocenters. The SMILES string of the molecule is Cn1cc(S(=O)(=O)CNc2ccc3c(C(=O)Nc4ccc(F)c(Cl)c4)n(C)nc3c2)cn1. The average molecular weight is 477 g/mol. The van der Waals surface area contributed by atoms with Gasteiger partial charge in [0, 0.05) is 37.1 Å². The lowest BCUT2D eigenvalue weighted by molar-refractivity contribution is 0.101. The van der Waals surface area contributed by atoms with Crippen LogP contribution in [0.15, 0.2) is 53.7 Å². The van der Waals surface area contributed by atoms with Gasteiger partial charge in [0.1, 0.15) is 22.3 Å². The molecular formula is C20H18ClFN6O3S. The highest BCUT2D eigenvalue weighted by Crippen LogP contribution is 2.25. The van der Waals surface area contributed by atoms with Gasteiger partial charge in [0.2, 0.25) is 0 Å². The third-order valence-electron chi connectivity index (χ3n) is 4.73. The van der Waals surface area contributed by atoms with Gasteiger partial charge in [-0.15, -0.1) is 0 Å². The Bertz CT molecular complexity index is 1450. The lowest BCUT2D eigenvalue weighted by Crippen LogP contribution is -2.16. The van der Waals surface area contributed by atoms with E-state index in [0.29, 0.717) is 22.3 Å². The molecule has 0 aliphatic carbocycles. The number of anilines is 2. The van der Waals surface area contributed by atoms with Crippen LogP contribution in [0.1, 0.15) is 10.5 Å². The van der Waals surface area contributed by atoms with Gasteiger partial charge in [0.15, 0.2) is 9.84 Å². The zero-order chi connectivity index (χ0) is 23.0. The van der Waals surface area contributed by atoms with Gasteiger partial charge < -0.3 is 10.6 Å². The fourth-order valence-corrected chi connectivity index (χ4v) is 4.39. The van der Waals surface area contributed by atoms with Crippen LogP contribution >= 0.6 is 11.6 Å². The Morgan fingerprint density at radius 2 is 1.91 bits per heavy atom. The number of fused-ring (bicyclic) bond motifs is 1. The summed E-state index contributed by atoms with van der Waals surface area (Å²) in [6, 6.07) is 8.87. The molecule has 12 heteroatoms.